The average Bonchev–Trinajstić information content (AvgIpc) is 2.44. The van der Waals surface area contributed by atoms with E-state index < -0.39 is 0 Å². The van der Waals surface area contributed by atoms with Crippen molar-refractivity contribution in [3.05, 3.63) is 29.8 Å². The molecule has 0 aliphatic rings. The van der Waals surface area contributed by atoms with Crippen LogP contribution in [-0.4, -0.2) is 0 Å². The van der Waals surface area contributed by atoms with Crippen LogP contribution in [0.5, 0.6) is 0 Å². The van der Waals surface area contributed by atoms with Gasteiger partial charge in [0.05, 0.1) is 0 Å². The summed E-state index contributed by atoms with van der Waals surface area (Å²) in [4.78, 5) is 1.00. The van der Waals surface area contributed by atoms with Gasteiger partial charge in [-0.25, -0.2) is 0 Å². The molecule has 0 spiro atoms. The van der Waals surface area contributed by atoms with Crippen LogP contribution in [0.1, 0.15) is 76.8 Å². The lowest BCUT2D eigenvalue weighted by Crippen LogP contribution is -2.10. The molecule has 1 unspecified atom stereocenters. The molecular weight excluding hydrogens is 262 g/mol. The number of unbranched alkanes of at least 4 members (excludes halogenated alkanes) is 3. The molecule has 2 atom stereocenters. The van der Waals surface area contributed by atoms with Gasteiger partial charge in [0.25, 0.3) is 0 Å². The van der Waals surface area contributed by atoms with Crippen LogP contribution < -0.4 is 5.73 Å². The molecular formula is C18H31NS. The summed E-state index contributed by atoms with van der Waals surface area (Å²) in [6.07, 6.45) is 10.5. The molecule has 1 aromatic rings. The third-order valence-electron chi connectivity index (χ3n) is 4.08. The van der Waals surface area contributed by atoms with Crippen molar-refractivity contribution in [1.82, 2.24) is 0 Å². The Hall–Kier alpha value is -0.470. The third-order valence-corrected chi connectivity index (χ3v) is 4.38. The fourth-order valence-electron chi connectivity index (χ4n) is 2.63. The highest BCUT2D eigenvalue weighted by atomic mass is 32.1. The van der Waals surface area contributed by atoms with Crippen LogP contribution in [0.4, 0.5) is 0 Å². The number of hydrogen-bond acceptors (Lipinski definition) is 2. The van der Waals surface area contributed by atoms with Gasteiger partial charge in [-0.3, -0.25) is 0 Å². The van der Waals surface area contributed by atoms with E-state index in [0.29, 0.717) is 0 Å². The average molecular weight is 294 g/mol. The molecule has 0 saturated carbocycles. The van der Waals surface area contributed by atoms with Crippen molar-refractivity contribution in [3.63, 3.8) is 0 Å². The molecule has 114 valence electrons. The largest absolute Gasteiger partial charge is 0.324 e. The molecule has 0 aliphatic carbocycles. The summed E-state index contributed by atoms with van der Waals surface area (Å²) in [6, 6.07) is 8.42. The van der Waals surface area contributed by atoms with Crippen LogP contribution in [0.3, 0.4) is 0 Å². The molecule has 2 heteroatoms. The highest BCUT2D eigenvalue weighted by Gasteiger charge is 2.06. The molecule has 1 nitrogen and oxygen atoms in total. The molecule has 0 bridgehead atoms. The van der Waals surface area contributed by atoms with Gasteiger partial charge in [0.15, 0.2) is 0 Å². The van der Waals surface area contributed by atoms with E-state index in [1.165, 1.54) is 50.5 Å². The minimum Gasteiger partial charge on any atom is -0.324 e. The molecule has 0 radical (unpaired) electrons. The van der Waals surface area contributed by atoms with E-state index in [4.69, 9.17) is 5.73 Å². The highest BCUT2D eigenvalue weighted by Crippen LogP contribution is 2.21. The van der Waals surface area contributed by atoms with Crippen molar-refractivity contribution in [2.45, 2.75) is 76.2 Å². The Kier molecular flexibility index (Phi) is 9.04. The Morgan fingerprint density at radius 3 is 2.10 bits per heavy atom. The van der Waals surface area contributed by atoms with Gasteiger partial charge in [0.2, 0.25) is 0 Å². The van der Waals surface area contributed by atoms with Crippen molar-refractivity contribution in [3.8, 4) is 0 Å². The second kappa shape index (κ2) is 10.3. The molecule has 0 aromatic heterocycles. The smallest absolute Gasteiger partial charge is 0.0294 e. The number of thiol groups is 1. The van der Waals surface area contributed by atoms with E-state index >= 15 is 0 Å². The van der Waals surface area contributed by atoms with Gasteiger partial charge in [0, 0.05) is 10.9 Å². The highest BCUT2D eigenvalue weighted by molar-refractivity contribution is 7.80. The van der Waals surface area contributed by atoms with Crippen LogP contribution in [0.25, 0.3) is 0 Å². The van der Waals surface area contributed by atoms with Crippen molar-refractivity contribution in [2.75, 3.05) is 0 Å². The van der Waals surface area contributed by atoms with Crippen molar-refractivity contribution < 1.29 is 0 Å². The molecule has 1 aromatic carbocycles. The Balaban J connectivity index is 2.12. The summed E-state index contributed by atoms with van der Waals surface area (Å²) >= 11 is 4.30. The first-order valence-electron chi connectivity index (χ1n) is 8.18. The standard InChI is InChI=1S/C18H31NS/c1-3-4-5-8-15(2)9-6-7-10-18(19)16-11-13-17(20)14-12-16/h11-15,18,20H,3-10,19H2,1-2H3/t15-,18?/m1/s1. The minimum atomic E-state index is 0.180. The normalized spacial score (nSPS) is 14.2. The van der Waals surface area contributed by atoms with E-state index in [1.54, 1.807) is 0 Å². The van der Waals surface area contributed by atoms with Crippen LogP contribution in [0.2, 0.25) is 0 Å². The van der Waals surface area contributed by atoms with Gasteiger partial charge >= 0.3 is 0 Å². The molecule has 0 amide bonds. The second-order valence-electron chi connectivity index (χ2n) is 6.08. The van der Waals surface area contributed by atoms with Gasteiger partial charge in [-0.2, -0.15) is 0 Å². The summed E-state index contributed by atoms with van der Waals surface area (Å²) in [6.45, 7) is 4.66. The van der Waals surface area contributed by atoms with Crippen LogP contribution in [0.15, 0.2) is 29.2 Å². The monoisotopic (exact) mass is 293 g/mol. The number of nitrogens with two attached hydrogens (primary N) is 1. The molecule has 0 fully saturated rings. The zero-order chi connectivity index (χ0) is 14.8. The molecule has 0 aliphatic heterocycles. The molecule has 2 N–H and O–H groups in total. The van der Waals surface area contributed by atoms with Gasteiger partial charge in [-0.1, -0.05) is 70.9 Å². The van der Waals surface area contributed by atoms with Crippen molar-refractivity contribution in [1.29, 1.82) is 0 Å². The predicted octanol–water partition coefficient (Wildman–Crippen LogP) is 5.75. The summed E-state index contributed by atoms with van der Waals surface area (Å²) in [5, 5.41) is 0. The van der Waals surface area contributed by atoms with E-state index in [1.807, 2.05) is 12.1 Å². The van der Waals surface area contributed by atoms with Crippen LogP contribution >= 0.6 is 12.6 Å². The van der Waals surface area contributed by atoms with Gasteiger partial charge < -0.3 is 5.73 Å². The SMILES string of the molecule is CCCCC[C@@H](C)CCCCC(N)c1ccc(S)cc1. The number of hydrogen-bond donors (Lipinski definition) is 2. The molecule has 20 heavy (non-hydrogen) atoms. The van der Waals surface area contributed by atoms with Crippen LogP contribution in [-0.2, 0) is 0 Å². The lowest BCUT2D eigenvalue weighted by atomic mass is 9.95. The summed E-state index contributed by atoms with van der Waals surface area (Å²) in [7, 11) is 0. The maximum atomic E-state index is 6.24. The second-order valence-corrected chi connectivity index (χ2v) is 6.60. The lowest BCUT2D eigenvalue weighted by molar-refractivity contribution is 0.433. The molecule has 0 heterocycles. The van der Waals surface area contributed by atoms with E-state index in [9.17, 15) is 0 Å². The van der Waals surface area contributed by atoms with E-state index in [0.717, 1.165) is 17.2 Å². The Morgan fingerprint density at radius 1 is 0.950 bits per heavy atom. The van der Waals surface area contributed by atoms with E-state index in [2.05, 4.69) is 38.6 Å². The van der Waals surface area contributed by atoms with Gasteiger partial charge in [0.1, 0.15) is 0 Å². The van der Waals surface area contributed by atoms with Crippen molar-refractivity contribution in [2.24, 2.45) is 11.7 Å². The number of benzene rings is 1. The van der Waals surface area contributed by atoms with Crippen molar-refractivity contribution >= 4 is 12.6 Å². The Bertz CT molecular complexity index is 347. The fourth-order valence-corrected chi connectivity index (χ4v) is 2.78. The zero-order valence-corrected chi connectivity index (χ0v) is 14.0. The van der Waals surface area contributed by atoms with Crippen LogP contribution in [0, 0.1) is 5.92 Å². The first kappa shape index (κ1) is 17.6. The first-order chi connectivity index (χ1) is 9.63. The predicted molar refractivity (Wildman–Crippen MR) is 92.4 cm³/mol. The Morgan fingerprint density at radius 2 is 1.50 bits per heavy atom. The van der Waals surface area contributed by atoms with E-state index in [-0.39, 0.29) is 6.04 Å². The topological polar surface area (TPSA) is 26.0 Å². The summed E-state index contributed by atoms with van der Waals surface area (Å²) in [5.41, 5.74) is 7.47. The quantitative estimate of drug-likeness (QED) is 0.417. The van der Waals surface area contributed by atoms with Gasteiger partial charge in [-0.15, -0.1) is 12.6 Å². The minimum absolute atomic E-state index is 0.180. The maximum absolute atomic E-state index is 6.24. The summed E-state index contributed by atoms with van der Waals surface area (Å²) in [5.74, 6) is 0.876. The Labute approximate surface area is 130 Å². The summed E-state index contributed by atoms with van der Waals surface area (Å²) < 4.78 is 0. The molecule has 1 rings (SSSR count). The fraction of sp³-hybridized carbons (Fsp3) is 0.667. The maximum Gasteiger partial charge on any atom is 0.0294 e. The lowest BCUT2D eigenvalue weighted by Gasteiger charge is -2.14. The van der Waals surface area contributed by atoms with Gasteiger partial charge in [-0.05, 0) is 30.0 Å². The molecule has 0 saturated heterocycles. The first-order valence-corrected chi connectivity index (χ1v) is 8.62. The third kappa shape index (κ3) is 7.35. The zero-order valence-electron chi connectivity index (χ0n) is 13.1. The number of rotatable bonds is 10.